The van der Waals surface area contributed by atoms with Gasteiger partial charge in [0.2, 0.25) is 0 Å². The maximum absolute atomic E-state index is 10.8. The number of carboxylic acid groups (broad SMARTS) is 1. The summed E-state index contributed by atoms with van der Waals surface area (Å²) >= 11 is 0. The van der Waals surface area contributed by atoms with Gasteiger partial charge in [-0.2, -0.15) is 0 Å². The van der Waals surface area contributed by atoms with E-state index in [0.717, 1.165) is 12.0 Å². The molecule has 0 radical (unpaired) electrons. The first-order valence-corrected chi connectivity index (χ1v) is 4.60. The average molecular weight is 174 g/mol. The Balaban J connectivity index is 1.95. The average Bonchev–Trinajstić information content (AvgIpc) is 2.71. The number of carbonyl (C=O) groups is 1. The summed E-state index contributed by atoms with van der Waals surface area (Å²) in [5.41, 5.74) is 2.48. The van der Waals surface area contributed by atoms with Gasteiger partial charge in [0, 0.05) is 5.92 Å². The molecule has 2 nitrogen and oxygen atoms in total. The van der Waals surface area contributed by atoms with Crippen molar-refractivity contribution >= 4 is 5.97 Å². The van der Waals surface area contributed by atoms with Gasteiger partial charge in [-0.25, -0.2) is 0 Å². The molecule has 3 atom stereocenters. The van der Waals surface area contributed by atoms with Gasteiger partial charge >= 0.3 is 5.97 Å². The zero-order valence-corrected chi connectivity index (χ0v) is 7.10. The van der Waals surface area contributed by atoms with E-state index in [2.05, 4.69) is 24.3 Å². The summed E-state index contributed by atoms with van der Waals surface area (Å²) in [5.74, 6) is -0.00620. The van der Waals surface area contributed by atoms with E-state index in [1.807, 2.05) is 0 Å². The highest BCUT2D eigenvalue weighted by Crippen LogP contribution is 2.60. The van der Waals surface area contributed by atoms with Crippen LogP contribution in [0.25, 0.3) is 0 Å². The normalized spacial score (nSPS) is 38.9. The second-order valence-electron chi connectivity index (χ2n) is 3.92. The monoisotopic (exact) mass is 174 g/mol. The molecule has 1 saturated carbocycles. The van der Waals surface area contributed by atoms with Crippen LogP contribution >= 0.6 is 0 Å². The maximum atomic E-state index is 10.8. The number of hydrogen-bond acceptors (Lipinski definition) is 1. The molecule has 0 amide bonds. The number of carboxylic acids is 1. The molecule has 3 rings (SSSR count). The van der Waals surface area contributed by atoms with Crippen molar-refractivity contribution in [1.82, 2.24) is 0 Å². The number of fused-ring (bicyclic) bond motifs is 3. The van der Waals surface area contributed by atoms with Gasteiger partial charge in [0.05, 0.1) is 5.92 Å². The molecule has 3 aliphatic carbocycles. The first-order valence-electron chi connectivity index (χ1n) is 4.60. The Bertz CT molecular complexity index is 374. The molecular weight excluding hydrogens is 164 g/mol. The highest BCUT2D eigenvalue weighted by Gasteiger charge is 2.57. The number of rotatable bonds is 1. The molecule has 0 spiro atoms. The van der Waals surface area contributed by atoms with E-state index in [1.54, 1.807) is 0 Å². The highest BCUT2D eigenvalue weighted by molar-refractivity contribution is 5.82. The zero-order valence-electron chi connectivity index (χ0n) is 7.10. The number of hydrogen-bond donors (Lipinski definition) is 1. The predicted octanol–water partition coefficient (Wildman–Crippen LogP) is 1.76. The summed E-state index contributed by atoms with van der Waals surface area (Å²) in [6.45, 7) is 0. The molecule has 3 aliphatic rings. The van der Waals surface area contributed by atoms with E-state index in [9.17, 15) is 4.79 Å². The fourth-order valence-electron chi connectivity index (χ4n) is 2.62. The molecule has 1 N–H and O–H groups in total. The van der Waals surface area contributed by atoms with Gasteiger partial charge in [0.15, 0.2) is 0 Å². The topological polar surface area (TPSA) is 37.3 Å². The molecule has 13 heavy (non-hydrogen) atoms. The Kier molecular flexibility index (Phi) is 1.17. The van der Waals surface area contributed by atoms with Crippen molar-refractivity contribution in [2.75, 3.05) is 0 Å². The second kappa shape index (κ2) is 2.13. The molecule has 0 aromatic carbocycles. The summed E-state index contributed by atoms with van der Waals surface area (Å²) in [6.07, 6.45) is 9.38. The number of allylic oxidation sites excluding steroid dienone is 5. The largest absolute Gasteiger partial charge is 0.481 e. The lowest BCUT2D eigenvalue weighted by Crippen LogP contribution is -2.10. The van der Waals surface area contributed by atoms with E-state index in [1.165, 1.54) is 5.57 Å². The minimum atomic E-state index is -0.648. The van der Waals surface area contributed by atoms with Crippen LogP contribution in [0.3, 0.4) is 0 Å². The minimum Gasteiger partial charge on any atom is -0.481 e. The fourth-order valence-corrected chi connectivity index (χ4v) is 2.62. The SMILES string of the molecule is O=C(O)C1C2=CC3=CC=CCC3C21. The van der Waals surface area contributed by atoms with Crippen LogP contribution in [0.2, 0.25) is 0 Å². The molecule has 0 aromatic rings. The van der Waals surface area contributed by atoms with Gasteiger partial charge in [-0.3, -0.25) is 4.79 Å². The molecule has 0 aliphatic heterocycles. The van der Waals surface area contributed by atoms with Crippen molar-refractivity contribution in [3.8, 4) is 0 Å². The molecule has 1 fully saturated rings. The summed E-state index contributed by atoms with van der Waals surface area (Å²) < 4.78 is 0. The van der Waals surface area contributed by atoms with Crippen molar-refractivity contribution in [2.24, 2.45) is 17.8 Å². The lowest BCUT2D eigenvalue weighted by molar-refractivity contribution is -0.138. The lowest BCUT2D eigenvalue weighted by Gasteiger charge is -2.15. The van der Waals surface area contributed by atoms with E-state index >= 15 is 0 Å². The quantitative estimate of drug-likeness (QED) is 0.657. The van der Waals surface area contributed by atoms with Crippen LogP contribution in [0.4, 0.5) is 0 Å². The Labute approximate surface area is 76.3 Å². The zero-order chi connectivity index (χ0) is 9.00. The van der Waals surface area contributed by atoms with Crippen molar-refractivity contribution < 1.29 is 9.90 Å². The summed E-state index contributed by atoms with van der Waals surface area (Å²) in [7, 11) is 0. The van der Waals surface area contributed by atoms with Crippen molar-refractivity contribution in [3.05, 3.63) is 35.5 Å². The van der Waals surface area contributed by atoms with Crippen LogP contribution in [0.1, 0.15) is 6.42 Å². The Hall–Kier alpha value is -1.31. The Morgan fingerprint density at radius 3 is 3.15 bits per heavy atom. The second-order valence-corrected chi connectivity index (χ2v) is 3.92. The van der Waals surface area contributed by atoms with Crippen molar-refractivity contribution in [2.45, 2.75) is 6.42 Å². The first kappa shape index (κ1) is 7.13. The minimum absolute atomic E-state index is 0.159. The van der Waals surface area contributed by atoms with Gasteiger partial charge in [-0.15, -0.1) is 0 Å². The molecule has 0 saturated heterocycles. The standard InChI is InChI=1S/C11H10O2/c12-11(13)10-8-5-6-3-1-2-4-7(6)9(8)10/h1-3,5,7,9-10H,4H2,(H,12,13). The third-order valence-corrected chi connectivity index (χ3v) is 3.27. The number of aliphatic carboxylic acids is 1. The van der Waals surface area contributed by atoms with E-state index in [0.29, 0.717) is 11.8 Å². The smallest absolute Gasteiger partial charge is 0.311 e. The third-order valence-electron chi connectivity index (χ3n) is 3.27. The molecule has 3 unspecified atom stereocenters. The van der Waals surface area contributed by atoms with Gasteiger partial charge in [0.25, 0.3) is 0 Å². The summed E-state index contributed by atoms with van der Waals surface area (Å²) in [5, 5.41) is 8.87. The van der Waals surface area contributed by atoms with Crippen LogP contribution < -0.4 is 0 Å². The van der Waals surface area contributed by atoms with E-state index in [-0.39, 0.29) is 5.92 Å². The molecule has 2 heteroatoms. The molecule has 0 aromatic heterocycles. The highest BCUT2D eigenvalue weighted by atomic mass is 16.4. The fraction of sp³-hybridized carbons (Fsp3) is 0.364. The predicted molar refractivity (Wildman–Crippen MR) is 48.0 cm³/mol. The van der Waals surface area contributed by atoms with Gasteiger partial charge in [0.1, 0.15) is 0 Å². The summed E-state index contributed by atoms with van der Waals surface area (Å²) in [4.78, 5) is 10.8. The van der Waals surface area contributed by atoms with Crippen LogP contribution in [0, 0.1) is 17.8 Å². The Morgan fingerprint density at radius 2 is 2.38 bits per heavy atom. The van der Waals surface area contributed by atoms with Crippen LogP contribution in [-0.2, 0) is 4.79 Å². The molecular formula is C11H10O2. The maximum Gasteiger partial charge on any atom is 0.311 e. The van der Waals surface area contributed by atoms with Crippen molar-refractivity contribution in [1.29, 1.82) is 0 Å². The summed E-state index contributed by atoms with van der Waals surface area (Å²) in [6, 6.07) is 0. The first-order chi connectivity index (χ1) is 6.29. The van der Waals surface area contributed by atoms with Crippen LogP contribution in [-0.4, -0.2) is 11.1 Å². The van der Waals surface area contributed by atoms with Gasteiger partial charge < -0.3 is 5.11 Å². The Morgan fingerprint density at radius 1 is 1.54 bits per heavy atom. The van der Waals surface area contributed by atoms with Gasteiger partial charge in [-0.1, -0.05) is 29.9 Å². The van der Waals surface area contributed by atoms with Crippen LogP contribution in [0.5, 0.6) is 0 Å². The van der Waals surface area contributed by atoms with E-state index < -0.39 is 5.97 Å². The van der Waals surface area contributed by atoms with E-state index in [4.69, 9.17) is 5.11 Å². The van der Waals surface area contributed by atoms with Crippen LogP contribution in [0.15, 0.2) is 35.5 Å². The molecule has 66 valence electrons. The molecule has 0 heterocycles. The third kappa shape index (κ3) is 0.804. The van der Waals surface area contributed by atoms with Crippen molar-refractivity contribution in [3.63, 3.8) is 0 Å². The molecule has 0 bridgehead atoms. The van der Waals surface area contributed by atoms with Gasteiger partial charge in [-0.05, 0) is 17.9 Å². The lowest BCUT2D eigenvalue weighted by atomic mass is 9.89.